The Balaban J connectivity index is 1.64. The highest BCUT2D eigenvalue weighted by Gasteiger charge is 2.20. The zero-order chi connectivity index (χ0) is 22.7. The standard InChI is InChI=1S/C24H24ClN5O2/c1-16-20(14-22(32)29(12-13-31)15-18-8-4-3-5-9-18)17(2)30-24(26-16)27-23(28-30)19-10-6-7-11-21(19)25/h3-11,31H,12-15H2,1-2H3. The summed E-state index contributed by atoms with van der Waals surface area (Å²) in [6.45, 7) is 4.38. The molecule has 4 rings (SSSR count). The second-order valence-electron chi connectivity index (χ2n) is 7.59. The van der Waals surface area contributed by atoms with Gasteiger partial charge >= 0.3 is 0 Å². The van der Waals surface area contributed by atoms with Gasteiger partial charge < -0.3 is 10.0 Å². The highest BCUT2D eigenvalue weighted by Crippen LogP contribution is 2.26. The Labute approximate surface area is 191 Å². The Kier molecular flexibility index (Phi) is 6.48. The molecule has 32 heavy (non-hydrogen) atoms. The second kappa shape index (κ2) is 9.46. The van der Waals surface area contributed by atoms with E-state index in [9.17, 15) is 9.90 Å². The second-order valence-corrected chi connectivity index (χ2v) is 8.00. The van der Waals surface area contributed by atoms with Gasteiger partial charge in [0.25, 0.3) is 5.78 Å². The lowest BCUT2D eigenvalue weighted by molar-refractivity contribution is -0.131. The Morgan fingerprint density at radius 2 is 1.78 bits per heavy atom. The van der Waals surface area contributed by atoms with Gasteiger partial charge in [-0.2, -0.15) is 4.98 Å². The van der Waals surface area contributed by atoms with Crippen LogP contribution < -0.4 is 0 Å². The minimum atomic E-state index is -0.0991. The maximum Gasteiger partial charge on any atom is 0.253 e. The molecule has 0 unspecified atom stereocenters. The first kappa shape index (κ1) is 21.9. The first-order valence-corrected chi connectivity index (χ1v) is 10.8. The molecule has 0 saturated carbocycles. The minimum absolute atomic E-state index is 0.0818. The molecule has 1 N–H and O–H groups in total. The van der Waals surface area contributed by atoms with Gasteiger partial charge in [0.05, 0.1) is 18.1 Å². The molecule has 0 fully saturated rings. The predicted octanol–water partition coefficient (Wildman–Crippen LogP) is 3.63. The summed E-state index contributed by atoms with van der Waals surface area (Å²) in [6.07, 6.45) is 0.161. The summed E-state index contributed by atoms with van der Waals surface area (Å²) in [6, 6.07) is 17.1. The summed E-state index contributed by atoms with van der Waals surface area (Å²) in [5, 5.41) is 14.6. The van der Waals surface area contributed by atoms with Crippen molar-refractivity contribution in [2.24, 2.45) is 0 Å². The minimum Gasteiger partial charge on any atom is -0.395 e. The molecule has 2 aromatic carbocycles. The maximum absolute atomic E-state index is 13.1. The number of halogens is 1. The van der Waals surface area contributed by atoms with E-state index in [1.807, 2.05) is 62.4 Å². The average Bonchev–Trinajstić information content (AvgIpc) is 3.21. The molecule has 0 aliphatic heterocycles. The smallest absolute Gasteiger partial charge is 0.253 e. The molecule has 0 bridgehead atoms. The van der Waals surface area contributed by atoms with Gasteiger partial charge in [0.15, 0.2) is 5.82 Å². The van der Waals surface area contributed by atoms with Gasteiger partial charge in [0.2, 0.25) is 5.91 Å². The molecule has 8 heteroatoms. The molecule has 0 spiro atoms. The van der Waals surface area contributed by atoms with Gasteiger partial charge in [-0.15, -0.1) is 5.10 Å². The van der Waals surface area contributed by atoms with Gasteiger partial charge in [-0.1, -0.05) is 54.1 Å². The van der Waals surface area contributed by atoms with E-state index in [0.717, 1.165) is 28.1 Å². The van der Waals surface area contributed by atoms with Crippen molar-refractivity contribution in [3.05, 3.63) is 82.1 Å². The highest BCUT2D eigenvalue weighted by atomic mass is 35.5. The van der Waals surface area contributed by atoms with Gasteiger partial charge in [-0.05, 0) is 31.5 Å². The Morgan fingerprint density at radius 3 is 2.50 bits per heavy atom. The van der Waals surface area contributed by atoms with Crippen molar-refractivity contribution in [2.45, 2.75) is 26.8 Å². The van der Waals surface area contributed by atoms with Crippen molar-refractivity contribution in [1.82, 2.24) is 24.5 Å². The third-order valence-electron chi connectivity index (χ3n) is 5.43. The van der Waals surface area contributed by atoms with Crippen LogP contribution in [0, 0.1) is 13.8 Å². The number of carbonyl (C=O) groups excluding carboxylic acids is 1. The number of rotatable bonds is 7. The summed E-state index contributed by atoms with van der Waals surface area (Å²) in [5.74, 6) is 0.865. The van der Waals surface area contributed by atoms with E-state index in [0.29, 0.717) is 23.2 Å². The molecular formula is C24H24ClN5O2. The molecule has 0 aliphatic carbocycles. The molecule has 1 amide bonds. The number of amides is 1. The number of hydrogen-bond donors (Lipinski definition) is 1. The van der Waals surface area contributed by atoms with Crippen LogP contribution in [0.5, 0.6) is 0 Å². The summed E-state index contributed by atoms with van der Waals surface area (Å²) in [5.41, 5.74) is 4.07. The lowest BCUT2D eigenvalue weighted by atomic mass is 10.1. The average molecular weight is 450 g/mol. The Bertz CT molecular complexity index is 1260. The van der Waals surface area contributed by atoms with Crippen LogP contribution in [0.25, 0.3) is 17.2 Å². The van der Waals surface area contributed by atoms with Crippen LogP contribution in [-0.4, -0.2) is 48.6 Å². The summed E-state index contributed by atoms with van der Waals surface area (Å²) >= 11 is 6.31. The lowest BCUT2D eigenvalue weighted by Gasteiger charge is -2.23. The number of carbonyl (C=O) groups is 1. The highest BCUT2D eigenvalue weighted by molar-refractivity contribution is 6.33. The van der Waals surface area contributed by atoms with Gasteiger partial charge in [0.1, 0.15) is 0 Å². The Hall–Kier alpha value is -3.29. The van der Waals surface area contributed by atoms with Crippen molar-refractivity contribution in [3.63, 3.8) is 0 Å². The molecule has 0 radical (unpaired) electrons. The molecule has 0 saturated heterocycles. The molecule has 0 atom stereocenters. The quantitative estimate of drug-likeness (QED) is 0.466. The van der Waals surface area contributed by atoms with E-state index in [2.05, 4.69) is 15.1 Å². The van der Waals surface area contributed by atoms with Crippen molar-refractivity contribution >= 4 is 23.3 Å². The predicted molar refractivity (Wildman–Crippen MR) is 123 cm³/mol. The SMILES string of the molecule is Cc1nc2nc(-c3ccccc3Cl)nn2c(C)c1CC(=O)N(CCO)Cc1ccccc1. The lowest BCUT2D eigenvalue weighted by Crippen LogP contribution is -2.34. The van der Waals surface area contributed by atoms with Crippen LogP contribution in [0.3, 0.4) is 0 Å². The first-order chi connectivity index (χ1) is 15.5. The van der Waals surface area contributed by atoms with E-state index < -0.39 is 0 Å². The fourth-order valence-corrected chi connectivity index (χ4v) is 3.92. The number of hydrogen-bond acceptors (Lipinski definition) is 5. The maximum atomic E-state index is 13.1. The number of benzene rings is 2. The van der Waals surface area contributed by atoms with Crippen LogP contribution in [0.15, 0.2) is 54.6 Å². The van der Waals surface area contributed by atoms with E-state index in [1.165, 1.54) is 0 Å². The molecule has 4 aromatic rings. The number of aromatic nitrogens is 4. The molecule has 0 aliphatic rings. The van der Waals surface area contributed by atoms with Crippen molar-refractivity contribution in [3.8, 4) is 11.4 Å². The topological polar surface area (TPSA) is 83.6 Å². The third kappa shape index (κ3) is 4.49. The first-order valence-electron chi connectivity index (χ1n) is 10.4. The number of aliphatic hydroxyl groups is 1. The fourth-order valence-electron chi connectivity index (χ4n) is 3.70. The molecule has 2 heterocycles. The summed E-state index contributed by atoms with van der Waals surface area (Å²) in [7, 11) is 0. The van der Waals surface area contributed by atoms with Crippen LogP contribution in [0.4, 0.5) is 0 Å². The Morgan fingerprint density at radius 1 is 1.06 bits per heavy atom. The van der Waals surface area contributed by atoms with E-state index >= 15 is 0 Å². The van der Waals surface area contributed by atoms with E-state index in [1.54, 1.807) is 15.5 Å². The van der Waals surface area contributed by atoms with Crippen molar-refractivity contribution in [2.75, 3.05) is 13.2 Å². The van der Waals surface area contributed by atoms with Crippen LogP contribution in [-0.2, 0) is 17.8 Å². The normalized spacial score (nSPS) is 11.1. The molecule has 2 aromatic heterocycles. The third-order valence-corrected chi connectivity index (χ3v) is 5.76. The number of nitrogens with zero attached hydrogens (tertiary/aromatic N) is 5. The molecule has 7 nitrogen and oxygen atoms in total. The number of fused-ring (bicyclic) bond motifs is 1. The monoisotopic (exact) mass is 449 g/mol. The van der Waals surface area contributed by atoms with E-state index in [4.69, 9.17) is 11.6 Å². The van der Waals surface area contributed by atoms with Crippen LogP contribution in [0.1, 0.15) is 22.5 Å². The number of aryl methyl sites for hydroxylation is 2. The summed E-state index contributed by atoms with van der Waals surface area (Å²) < 4.78 is 1.65. The van der Waals surface area contributed by atoms with Crippen molar-refractivity contribution in [1.29, 1.82) is 0 Å². The number of aliphatic hydroxyl groups excluding tert-OH is 1. The van der Waals surface area contributed by atoms with Gasteiger partial charge in [-0.3, -0.25) is 4.79 Å². The zero-order valence-corrected chi connectivity index (χ0v) is 18.8. The van der Waals surface area contributed by atoms with Gasteiger partial charge in [-0.25, -0.2) is 9.50 Å². The zero-order valence-electron chi connectivity index (χ0n) is 18.0. The van der Waals surface area contributed by atoms with Crippen molar-refractivity contribution < 1.29 is 9.90 Å². The van der Waals surface area contributed by atoms with E-state index in [-0.39, 0.29) is 25.5 Å². The molecule has 164 valence electrons. The van der Waals surface area contributed by atoms with Crippen LogP contribution >= 0.6 is 11.6 Å². The fraction of sp³-hybridized carbons (Fsp3) is 0.250. The summed E-state index contributed by atoms with van der Waals surface area (Å²) in [4.78, 5) is 23.9. The molecular weight excluding hydrogens is 426 g/mol. The van der Waals surface area contributed by atoms with Gasteiger partial charge in [0, 0.05) is 35.6 Å². The largest absolute Gasteiger partial charge is 0.395 e. The van der Waals surface area contributed by atoms with Crippen LogP contribution in [0.2, 0.25) is 5.02 Å².